The second-order valence-corrected chi connectivity index (χ2v) is 8.45. The maximum absolute atomic E-state index is 12.1. The third kappa shape index (κ3) is 8.34. The maximum atomic E-state index is 12.1. The lowest BCUT2D eigenvalue weighted by atomic mass is 10.0. The first-order valence-electron chi connectivity index (χ1n) is 10.6. The van der Waals surface area contributed by atoms with Crippen molar-refractivity contribution in [3.05, 3.63) is 54.1 Å². The van der Waals surface area contributed by atoms with Gasteiger partial charge in [-0.15, -0.1) is 0 Å². The molecule has 0 amide bonds. The molecule has 2 heteroatoms. The zero-order valence-electron chi connectivity index (χ0n) is 17.0. The van der Waals surface area contributed by atoms with Crippen LogP contribution >= 0.6 is 11.8 Å². The Morgan fingerprint density at radius 1 is 0.704 bits per heavy atom. The second kappa shape index (κ2) is 12.8. The zero-order chi connectivity index (χ0) is 19.3. The summed E-state index contributed by atoms with van der Waals surface area (Å²) in [5, 5.41) is 0.288. The van der Waals surface area contributed by atoms with Gasteiger partial charge in [0.1, 0.15) is 0 Å². The Bertz CT molecular complexity index is 658. The van der Waals surface area contributed by atoms with Crippen molar-refractivity contribution >= 4 is 16.9 Å². The van der Waals surface area contributed by atoms with Crippen LogP contribution in [0.4, 0.5) is 0 Å². The van der Waals surface area contributed by atoms with Gasteiger partial charge in [0.2, 0.25) is 0 Å². The molecule has 0 heterocycles. The van der Waals surface area contributed by atoms with Gasteiger partial charge in [0.25, 0.3) is 0 Å². The van der Waals surface area contributed by atoms with E-state index in [0.717, 1.165) is 11.3 Å². The van der Waals surface area contributed by atoms with Crippen LogP contribution in [0.1, 0.15) is 77.2 Å². The van der Waals surface area contributed by atoms with E-state index in [1.54, 1.807) is 0 Å². The summed E-state index contributed by atoms with van der Waals surface area (Å²) in [5.74, 6) is 0. The number of rotatable bonds is 12. The quantitative estimate of drug-likeness (QED) is 0.273. The smallest absolute Gasteiger partial charge is 0.193 e. The Labute approximate surface area is 170 Å². The SMILES string of the molecule is CCCCCCCC(=O)Sc1ccc(-c2ccc(CCCCC)cc2)cc1. The van der Waals surface area contributed by atoms with Crippen molar-refractivity contribution in [1.29, 1.82) is 0 Å². The largest absolute Gasteiger partial charge is 0.287 e. The number of hydrogen-bond donors (Lipinski definition) is 0. The summed E-state index contributed by atoms with van der Waals surface area (Å²) in [6, 6.07) is 17.3. The van der Waals surface area contributed by atoms with Crippen LogP contribution in [-0.4, -0.2) is 5.12 Å². The van der Waals surface area contributed by atoms with Crippen LogP contribution in [0, 0.1) is 0 Å². The number of aryl methyl sites for hydroxylation is 1. The minimum absolute atomic E-state index is 0.288. The Balaban J connectivity index is 1.81. The molecular formula is C25H34OS. The summed E-state index contributed by atoms with van der Waals surface area (Å²) < 4.78 is 0. The first-order chi connectivity index (χ1) is 13.2. The van der Waals surface area contributed by atoms with E-state index in [0.29, 0.717) is 6.42 Å². The molecule has 2 aromatic rings. The van der Waals surface area contributed by atoms with E-state index >= 15 is 0 Å². The van der Waals surface area contributed by atoms with Crippen LogP contribution < -0.4 is 0 Å². The summed E-state index contributed by atoms with van der Waals surface area (Å²) in [7, 11) is 0. The molecule has 0 aliphatic rings. The molecule has 0 radical (unpaired) electrons. The number of unbranched alkanes of at least 4 members (excludes halogenated alkanes) is 6. The average molecular weight is 383 g/mol. The van der Waals surface area contributed by atoms with E-state index in [4.69, 9.17) is 0 Å². The van der Waals surface area contributed by atoms with Crippen LogP contribution in [0.25, 0.3) is 11.1 Å². The van der Waals surface area contributed by atoms with E-state index in [1.165, 1.54) is 79.8 Å². The standard InChI is InChI=1S/C25H34OS/c1-3-5-7-8-10-12-25(26)27-24-19-17-23(18-20-24)22-15-13-21(14-16-22)11-9-6-4-2/h13-20H,3-12H2,1-2H3. The highest BCUT2D eigenvalue weighted by Gasteiger charge is 2.06. The molecule has 146 valence electrons. The number of hydrogen-bond acceptors (Lipinski definition) is 2. The molecular weight excluding hydrogens is 348 g/mol. The first-order valence-corrected chi connectivity index (χ1v) is 11.4. The molecule has 0 aromatic heterocycles. The van der Waals surface area contributed by atoms with E-state index in [-0.39, 0.29) is 5.12 Å². The number of carbonyl (C=O) groups is 1. The predicted molar refractivity (Wildman–Crippen MR) is 119 cm³/mol. The maximum Gasteiger partial charge on any atom is 0.193 e. The zero-order valence-corrected chi connectivity index (χ0v) is 17.8. The fourth-order valence-corrected chi connectivity index (χ4v) is 4.00. The van der Waals surface area contributed by atoms with E-state index < -0.39 is 0 Å². The highest BCUT2D eigenvalue weighted by molar-refractivity contribution is 8.13. The molecule has 2 aromatic carbocycles. The fourth-order valence-electron chi connectivity index (χ4n) is 3.21. The Morgan fingerprint density at radius 3 is 1.89 bits per heavy atom. The van der Waals surface area contributed by atoms with Crippen LogP contribution in [0.5, 0.6) is 0 Å². The van der Waals surface area contributed by atoms with E-state index in [9.17, 15) is 4.79 Å². The molecule has 0 saturated heterocycles. The summed E-state index contributed by atoms with van der Waals surface area (Å²) in [5.41, 5.74) is 3.88. The molecule has 0 spiro atoms. The first kappa shape index (κ1) is 21.8. The molecule has 0 atom stereocenters. The van der Waals surface area contributed by atoms with E-state index in [1.807, 2.05) is 0 Å². The van der Waals surface area contributed by atoms with Crippen molar-refractivity contribution in [1.82, 2.24) is 0 Å². The van der Waals surface area contributed by atoms with Gasteiger partial charge in [-0.05, 0) is 48.1 Å². The molecule has 27 heavy (non-hydrogen) atoms. The Hall–Kier alpha value is -1.54. The van der Waals surface area contributed by atoms with Crippen molar-refractivity contribution in [2.24, 2.45) is 0 Å². The van der Waals surface area contributed by atoms with Crippen molar-refractivity contribution in [3.63, 3.8) is 0 Å². The fraction of sp³-hybridized carbons (Fsp3) is 0.480. The molecule has 0 bridgehead atoms. The molecule has 0 fully saturated rings. The van der Waals surface area contributed by atoms with E-state index in [2.05, 4.69) is 62.4 Å². The van der Waals surface area contributed by atoms with Gasteiger partial charge in [-0.2, -0.15) is 0 Å². The van der Waals surface area contributed by atoms with Gasteiger partial charge in [-0.25, -0.2) is 0 Å². The van der Waals surface area contributed by atoms with Crippen LogP contribution in [-0.2, 0) is 11.2 Å². The van der Waals surface area contributed by atoms with Gasteiger partial charge >= 0.3 is 0 Å². The van der Waals surface area contributed by atoms with Crippen LogP contribution in [0.2, 0.25) is 0 Å². The van der Waals surface area contributed by atoms with Crippen LogP contribution in [0.3, 0.4) is 0 Å². The highest BCUT2D eigenvalue weighted by atomic mass is 32.2. The molecule has 0 N–H and O–H groups in total. The topological polar surface area (TPSA) is 17.1 Å². The predicted octanol–water partition coefficient (Wildman–Crippen LogP) is 8.07. The monoisotopic (exact) mass is 382 g/mol. The average Bonchev–Trinajstić information content (AvgIpc) is 2.69. The molecule has 0 saturated carbocycles. The number of benzene rings is 2. The minimum Gasteiger partial charge on any atom is -0.287 e. The molecule has 1 nitrogen and oxygen atoms in total. The lowest BCUT2D eigenvalue weighted by Gasteiger charge is -2.06. The summed E-state index contributed by atoms with van der Waals surface area (Å²) in [4.78, 5) is 13.2. The van der Waals surface area contributed by atoms with Gasteiger partial charge in [-0.3, -0.25) is 4.79 Å². The molecule has 0 aliphatic carbocycles. The summed E-state index contributed by atoms with van der Waals surface area (Å²) >= 11 is 1.39. The van der Waals surface area contributed by atoms with Crippen molar-refractivity contribution in [2.75, 3.05) is 0 Å². The Kier molecular flexibility index (Phi) is 10.3. The molecule has 0 aliphatic heterocycles. The third-order valence-corrected chi connectivity index (χ3v) is 5.87. The van der Waals surface area contributed by atoms with Gasteiger partial charge in [-0.1, -0.05) is 101 Å². The minimum atomic E-state index is 0.288. The molecule has 2 rings (SSSR count). The van der Waals surface area contributed by atoms with Crippen molar-refractivity contribution < 1.29 is 4.79 Å². The van der Waals surface area contributed by atoms with Crippen LogP contribution in [0.15, 0.2) is 53.4 Å². The van der Waals surface area contributed by atoms with Gasteiger partial charge in [0.05, 0.1) is 0 Å². The third-order valence-electron chi connectivity index (χ3n) is 4.93. The summed E-state index contributed by atoms with van der Waals surface area (Å²) in [6.45, 7) is 4.46. The normalized spacial score (nSPS) is 10.9. The van der Waals surface area contributed by atoms with Gasteiger partial charge in [0, 0.05) is 11.3 Å². The summed E-state index contributed by atoms with van der Waals surface area (Å²) in [6.07, 6.45) is 11.7. The Morgan fingerprint density at radius 2 is 1.26 bits per heavy atom. The lowest BCUT2D eigenvalue weighted by Crippen LogP contribution is -1.91. The lowest BCUT2D eigenvalue weighted by molar-refractivity contribution is -0.111. The highest BCUT2D eigenvalue weighted by Crippen LogP contribution is 2.26. The van der Waals surface area contributed by atoms with Gasteiger partial charge < -0.3 is 0 Å². The number of carbonyl (C=O) groups excluding carboxylic acids is 1. The molecule has 0 unspecified atom stereocenters. The van der Waals surface area contributed by atoms with Crippen molar-refractivity contribution in [3.8, 4) is 11.1 Å². The number of thioether (sulfide) groups is 1. The van der Waals surface area contributed by atoms with Gasteiger partial charge in [0.15, 0.2) is 5.12 Å². The second-order valence-electron chi connectivity index (χ2n) is 7.32. The van der Waals surface area contributed by atoms with Crippen molar-refractivity contribution in [2.45, 2.75) is 83.0 Å².